The molecule has 1 fully saturated rings. The molecule has 17 heavy (non-hydrogen) atoms. The fourth-order valence-corrected chi connectivity index (χ4v) is 2.82. The van der Waals surface area contributed by atoms with Gasteiger partial charge in [-0.05, 0) is 6.42 Å². The van der Waals surface area contributed by atoms with Gasteiger partial charge in [-0.2, -0.15) is 0 Å². The molecule has 0 spiro atoms. The highest BCUT2D eigenvalue weighted by Crippen LogP contribution is 2.17. The first-order chi connectivity index (χ1) is 7.98. The molecule has 7 heteroatoms. The lowest BCUT2D eigenvalue weighted by Crippen LogP contribution is -2.32. The van der Waals surface area contributed by atoms with E-state index in [1.54, 1.807) is 0 Å². The van der Waals surface area contributed by atoms with Crippen LogP contribution in [0.5, 0.6) is 0 Å². The summed E-state index contributed by atoms with van der Waals surface area (Å²) in [7, 11) is -3.08. The van der Waals surface area contributed by atoms with Gasteiger partial charge in [0.15, 0.2) is 9.84 Å². The zero-order chi connectivity index (χ0) is 12.5. The number of aromatic nitrogens is 2. The van der Waals surface area contributed by atoms with Crippen molar-refractivity contribution >= 4 is 15.7 Å². The molecule has 2 rings (SSSR count). The fourth-order valence-electron chi connectivity index (χ4n) is 1.83. The number of hydrogen-bond acceptors (Lipinski definition) is 5. The van der Waals surface area contributed by atoms with E-state index in [1.807, 2.05) is 0 Å². The summed E-state index contributed by atoms with van der Waals surface area (Å²) in [5, 5.41) is -0.455. The van der Waals surface area contributed by atoms with Crippen molar-refractivity contribution in [3.63, 3.8) is 0 Å². The fraction of sp³-hybridized carbons (Fsp3) is 0.500. The summed E-state index contributed by atoms with van der Waals surface area (Å²) in [6.07, 6.45) is 6.01. The average Bonchev–Trinajstić information content (AvgIpc) is 2.78. The quantitative estimate of drug-likeness (QED) is 0.727. The van der Waals surface area contributed by atoms with Crippen LogP contribution in [0.15, 0.2) is 18.6 Å². The van der Waals surface area contributed by atoms with Crippen LogP contribution in [0.3, 0.4) is 0 Å². The molecule has 1 aliphatic heterocycles. The van der Waals surface area contributed by atoms with Gasteiger partial charge in [-0.15, -0.1) is 0 Å². The third kappa shape index (κ3) is 2.60. The highest BCUT2D eigenvalue weighted by Gasteiger charge is 2.33. The summed E-state index contributed by atoms with van der Waals surface area (Å²) >= 11 is 0. The van der Waals surface area contributed by atoms with Gasteiger partial charge in [-0.3, -0.25) is 9.78 Å². The van der Waals surface area contributed by atoms with Gasteiger partial charge in [-0.25, -0.2) is 13.4 Å². The Morgan fingerprint density at radius 3 is 2.76 bits per heavy atom. The van der Waals surface area contributed by atoms with E-state index in [-0.39, 0.29) is 18.1 Å². The van der Waals surface area contributed by atoms with Crippen molar-refractivity contribution in [1.82, 2.24) is 14.9 Å². The molecule has 0 unspecified atom stereocenters. The summed E-state index contributed by atoms with van der Waals surface area (Å²) < 4.78 is 22.7. The number of likely N-dealkylation sites (tertiary alicyclic amines) is 1. The molecule has 0 bridgehead atoms. The number of sulfone groups is 1. The van der Waals surface area contributed by atoms with Crippen LogP contribution in [-0.4, -0.2) is 53.8 Å². The van der Waals surface area contributed by atoms with Gasteiger partial charge in [0.2, 0.25) is 0 Å². The summed E-state index contributed by atoms with van der Waals surface area (Å²) in [6, 6.07) is 0. The molecule has 0 aromatic carbocycles. The third-order valence-corrected chi connectivity index (χ3v) is 4.42. The Morgan fingerprint density at radius 2 is 2.24 bits per heavy atom. The maximum absolute atomic E-state index is 11.9. The Morgan fingerprint density at radius 1 is 1.47 bits per heavy atom. The second kappa shape index (κ2) is 4.40. The average molecular weight is 255 g/mol. The second-order valence-electron chi connectivity index (χ2n) is 4.08. The van der Waals surface area contributed by atoms with Crippen molar-refractivity contribution in [3.05, 3.63) is 24.3 Å². The van der Waals surface area contributed by atoms with E-state index in [4.69, 9.17) is 0 Å². The number of nitrogens with zero attached hydrogens (tertiary/aromatic N) is 3. The number of amides is 1. The second-order valence-corrected chi connectivity index (χ2v) is 6.41. The first-order valence-electron chi connectivity index (χ1n) is 5.22. The van der Waals surface area contributed by atoms with Gasteiger partial charge < -0.3 is 4.90 Å². The molecular formula is C10H13N3O3S. The van der Waals surface area contributed by atoms with Crippen molar-refractivity contribution in [2.75, 3.05) is 19.3 Å². The summed E-state index contributed by atoms with van der Waals surface area (Å²) in [5.41, 5.74) is 0.252. The van der Waals surface area contributed by atoms with Crippen LogP contribution in [0.4, 0.5) is 0 Å². The Bertz CT molecular complexity index is 515. The topological polar surface area (TPSA) is 80.2 Å². The van der Waals surface area contributed by atoms with Gasteiger partial charge in [-0.1, -0.05) is 0 Å². The van der Waals surface area contributed by atoms with E-state index >= 15 is 0 Å². The third-order valence-electron chi connectivity index (χ3n) is 2.82. The van der Waals surface area contributed by atoms with Crippen molar-refractivity contribution in [2.45, 2.75) is 11.7 Å². The van der Waals surface area contributed by atoms with E-state index in [0.717, 1.165) is 0 Å². The molecule has 0 saturated carbocycles. The van der Waals surface area contributed by atoms with E-state index in [0.29, 0.717) is 13.0 Å². The zero-order valence-electron chi connectivity index (χ0n) is 9.41. The first-order valence-corrected chi connectivity index (χ1v) is 7.18. The lowest BCUT2D eigenvalue weighted by atomic mass is 10.4. The summed E-state index contributed by atoms with van der Waals surface area (Å²) in [6.45, 7) is 0.696. The van der Waals surface area contributed by atoms with E-state index in [9.17, 15) is 13.2 Å². The lowest BCUT2D eigenvalue weighted by molar-refractivity contribution is 0.0787. The normalized spacial score (nSPS) is 20.5. The molecule has 1 atom stereocenters. The van der Waals surface area contributed by atoms with Crippen LogP contribution < -0.4 is 0 Å². The zero-order valence-corrected chi connectivity index (χ0v) is 10.2. The number of carbonyl (C=O) groups excluding carboxylic acids is 1. The molecule has 1 aliphatic rings. The maximum Gasteiger partial charge on any atom is 0.274 e. The SMILES string of the molecule is CS(=O)(=O)[C@@H]1CCN(C(=O)c2cnccn2)C1. The van der Waals surface area contributed by atoms with Gasteiger partial charge in [0.1, 0.15) is 5.69 Å². The van der Waals surface area contributed by atoms with Crippen molar-refractivity contribution in [1.29, 1.82) is 0 Å². The number of carbonyl (C=O) groups is 1. The van der Waals surface area contributed by atoms with Crippen molar-refractivity contribution < 1.29 is 13.2 Å². The molecule has 0 aliphatic carbocycles. The molecule has 1 aromatic rings. The molecular weight excluding hydrogens is 242 g/mol. The monoisotopic (exact) mass is 255 g/mol. The largest absolute Gasteiger partial charge is 0.336 e. The van der Waals surface area contributed by atoms with Crippen LogP contribution >= 0.6 is 0 Å². The van der Waals surface area contributed by atoms with E-state index < -0.39 is 15.1 Å². The van der Waals surface area contributed by atoms with Crippen LogP contribution in [0.25, 0.3) is 0 Å². The van der Waals surface area contributed by atoms with Crippen LogP contribution in [0.1, 0.15) is 16.9 Å². The molecule has 92 valence electrons. The van der Waals surface area contributed by atoms with Crippen LogP contribution in [0.2, 0.25) is 0 Å². The van der Waals surface area contributed by atoms with E-state index in [1.165, 1.54) is 29.7 Å². The molecule has 1 saturated heterocycles. The molecule has 0 radical (unpaired) electrons. The minimum atomic E-state index is -3.08. The Kier molecular flexibility index (Phi) is 3.10. The minimum absolute atomic E-state index is 0.244. The standard InChI is InChI=1S/C10H13N3O3S/c1-17(15,16)8-2-5-13(7-8)10(14)9-6-11-3-4-12-9/h3-4,6,8H,2,5,7H2,1H3/t8-/m1/s1. The van der Waals surface area contributed by atoms with Gasteiger partial charge in [0, 0.05) is 31.7 Å². The van der Waals surface area contributed by atoms with Gasteiger partial charge >= 0.3 is 0 Å². The van der Waals surface area contributed by atoms with Crippen LogP contribution in [0, 0.1) is 0 Å². The Hall–Kier alpha value is -1.50. The summed E-state index contributed by atoms with van der Waals surface area (Å²) in [5.74, 6) is -0.260. The highest BCUT2D eigenvalue weighted by molar-refractivity contribution is 7.91. The summed E-state index contributed by atoms with van der Waals surface area (Å²) in [4.78, 5) is 21.2. The number of hydrogen-bond donors (Lipinski definition) is 0. The predicted octanol–water partition coefficient (Wildman–Crippen LogP) is -0.264. The number of rotatable bonds is 2. The maximum atomic E-state index is 11.9. The highest BCUT2D eigenvalue weighted by atomic mass is 32.2. The Labute approximate surface area is 99.6 Å². The molecule has 2 heterocycles. The lowest BCUT2D eigenvalue weighted by Gasteiger charge is -2.15. The minimum Gasteiger partial charge on any atom is -0.336 e. The van der Waals surface area contributed by atoms with Gasteiger partial charge in [0.25, 0.3) is 5.91 Å². The van der Waals surface area contributed by atoms with E-state index in [2.05, 4.69) is 9.97 Å². The van der Waals surface area contributed by atoms with Crippen LogP contribution in [-0.2, 0) is 9.84 Å². The van der Waals surface area contributed by atoms with Crippen molar-refractivity contribution in [3.8, 4) is 0 Å². The molecule has 1 amide bonds. The molecule has 0 N–H and O–H groups in total. The predicted molar refractivity (Wildman–Crippen MR) is 61.2 cm³/mol. The smallest absolute Gasteiger partial charge is 0.274 e. The molecule has 6 nitrogen and oxygen atoms in total. The van der Waals surface area contributed by atoms with Crippen molar-refractivity contribution in [2.24, 2.45) is 0 Å². The Balaban J connectivity index is 2.10. The molecule has 1 aromatic heterocycles. The first kappa shape index (κ1) is 12.0. The van der Waals surface area contributed by atoms with Gasteiger partial charge in [0.05, 0.1) is 11.4 Å².